The van der Waals surface area contributed by atoms with Gasteiger partial charge in [-0.05, 0) is 68.3 Å². The highest BCUT2D eigenvalue weighted by atomic mass is 35.5. The van der Waals surface area contributed by atoms with Crippen molar-refractivity contribution in [1.82, 2.24) is 10.2 Å². The zero-order chi connectivity index (χ0) is 35.0. The molecule has 2 atom stereocenters. The van der Waals surface area contributed by atoms with E-state index in [1.807, 2.05) is 51.1 Å². The van der Waals surface area contributed by atoms with E-state index in [-0.39, 0.29) is 40.4 Å². The summed E-state index contributed by atoms with van der Waals surface area (Å²) in [5.41, 5.74) is 2.12. The first-order valence-electron chi connectivity index (χ1n) is 15.3. The highest BCUT2D eigenvalue weighted by molar-refractivity contribution is 7.92. The smallest absolute Gasteiger partial charge is 0.264 e. The molecule has 1 N–H and O–H groups in total. The van der Waals surface area contributed by atoms with Gasteiger partial charge in [-0.25, -0.2) is 8.42 Å². The average Bonchev–Trinajstić information content (AvgIpc) is 3.06. The van der Waals surface area contributed by atoms with Gasteiger partial charge in [-0.1, -0.05) is 95.8 Å². The van der Waals surface area contributed by atoms with Gasteiger partial charge in [0.1, 0.15) is 18.3 Å². The van der Waals surface area contributed by atoms with Crippen LogP contribution in [0.1, 0.15) is 37.0 Å². The van der Waals surface area contributed by atoms with Crippen LogP contribution in [0, 0.1) is 6.92 Å². The monoisotopic (exact) mass is 729 g/mol. The zero-order valence-corrected chi connectivity index (χ0v) is 30.2. The molecule has 0 aliphatic rings. The van der Waals surface area contributed by atoms with Crippen LogP contribution >= 0.6 is 34.8 Å². The van der Waals surface area contributed by atoms with Crippen LogP contribution in [0.5, 0.6) is 5.75 Å². The van der Waals surface area contributed by atoms with Gasteiger partial charge in [0, 0.05) is 39.6 Å². The maximum absolute atomic E-state index is 14.7. The third kappa shape index (κ3) is 9.02. The van der Waals surface area contributed by atoms with E-state index < -0.39 is 34.4 Å². The number of ether oxygens (including phenoxy) is 1. The van der Waals surface area contributed by atoms with Crippen LogP contribution in [0.2, 0.25) is 15.1 Å². The Bertz CT molecular complexity index is 1820. The minimum atomic E-state index is -4.37. The number of hydrogen-bond acceptors (Lipinski definition) is 5. The number of sulfonamides is 1. The Hall–Kier alpha value is -3.76. The molecule has 4 aromatic carbocycles. The van der Waals surface area contributed by atoms with Crippen LogP contribution in [0.3, 0.4) is 0 Å². The fourth-order valence-corrected chi connectivity index (χ4v) is 7.16. The molecule has 2 amide bonds. The van der Waals surface area contributed by atoms with Gasteiger partial charge in [0.05, 0.1) is 17.7 Å². The van der Waals surface area contributed by atoms with E-state index in [1.165, 1.54) is 36.3 Å². The molecule has 4 aromatic rings. The summed E-state index contributed by atoms with van der Waals surface area (Å²) in [6.45, 7) is 4.78. The van der Waals surface area contributed by atoms with Gasteiger partial charge in [0.2, 0.25) is 11.8 Å². The summed E-state index contributed by atoms with van der Waals surface area (Å²) < 4.78 is 35.2. The number of carbonyl (C=O) groups excluding carboxylic acids is 2. The molecule has 0 fully saturated rings. The second-order valence-corrected chi connectivity index (χ2v) is 14.5. The maximum Gasteiger partial charge on any atom is 0.264 e. The molecule has 0 bridgehead atoms. The van der Waals surface area contributed by atoms with Gasteiger partial charge in [-0.2, -0.15) is 0 Å². The Labute approximate surface area is 297 Å². The van der Waals surface area contributed by atoms with Crippen LogP contribution in [0.15, 0.2) is 95.9 Å². The molecule has 48 heavy (non-hydrogen) atoms. The Morgan fingerprint density at radius 1 is 0.896 bits per heavy atom. The molecule has 0 saturated heterocycles. The predicted molar refractivity (Wildman–Crippen MR) is 193 cm³/mol. The van der Waals surface area contributed by atoms with Crippen molar-refractivity contribution >= 4 is 62.3 Å². The lowest BCUT2D eigenvalue weighted by molar-refractivity contribution is -0.140. The molecule has 12 heteroatoms. The van der Waals surface area contributed by atoms with E-state index in [9.17, 15) is 18.0 Å². The van der Waals surface area contributed by atoms with Crippen LogP contribution in [0.4, 0.5) is 5.69 Å². The Kier molecular flexibility index (Phi) is 12.8. The second kappa shape index (κ2) is 16.6. The fraction of sp³-hybridized carbons (Fsp3) is 0.278. The van der Waals surface area contributed by atoms with Gasteiger partial charge in [0.15, 0.2) is 0 Å². The molecular formula is C36H38Cl3N3O5S. The molecule has 8 nitrogen and oxygen atoms in total. The summed E-state index contributed by atoms with van der Waals surface area (Å²) in [7, 11) is -2.98. The Balaban J connectivity index is 1.89. The standard InChI is InChI=1S/C36H38Cl3N3O5S/c1-5-25(3)40-36(44)33(20-26-10-7-6-8-11-26)41(22-29-30(38)12-9-13-31(29)39)35(43)23-42(32-21-27(37)16-19-34(32)47-4)48(45,46)28-17-14-24(2)15-18-28/h6-19,21,25,33H,5,20,22-23H2,1-4H3,(H,40,44)/t25-,33-/m1/s1. The lowest BCUT2D eigenvalue weighted by Crippen LogP contribution is -2.54. The Morgan fingerprint density at radius 3 is 2.15 bits per heavy atom. The maximum atomic E-state index is 14.7. The summed E-state index contributed by atoms with van der Waals surface area (Å²) in [6, 6.07) is 23.8. The first-order chi connectivity index (χ1) is 22.8. The lowest BCUT2D eigenvalue weighted by atomic mass is 10.0. The van der Waals surface area contributed by atoms with E-state index in [2.05, 4.69) is 5.32 Å². The first-order valence-corrected chi connectivity index (χ1v) is 17.9. The molecule has 0 heterocycles. The van der Waals surface area contributed by atoms with Crippen LogP contribution in [0.25, 0.3) is 0 Å². The van der Waals surface area contributed by atoms with Crippen molar-refractivity contribution in [3.05, 3.63) is 123 Å². The molecule has 4 rings (SSSR count). The van der Waals surface area contributed by atoms with E-state index in [4.69, 9.17) is 39.5 Å². The molecular weight excluding hydrogens is 693 g/mol. The van der Waals surface area contributed by atoms with Crippen LogP contribution in [-0.4, -0.2) is 50.9 Å². The summed E-state index contributed by atoms with van der Waals surface area (Å²) in [5.74, 6) is -0.902. The van der Waals surface area contributed by atoms with Crippen molar-refractivity contribution in [3.8, 4) is 5.75 Å². The second-order valence-electron chi connectivity index (χ2n) is 11.4. The highest BCUT2D eigenvalue weighted by Gasteiger charge is 2.36. The summed E-state index contributed by atoms with van der Waals surface area (Å²) in [6.07, 6.45) is 0.799. The SMILES string of the molecule is CC[C@@H](C)NC(=O)[C@@H](Cc1ccccc1)N(Cc1c(Cl)cccc1Cl)C(=O)CN(c1cc(Cl)ccc1OC)S(=O)(=O)c1ccc(C)cc1. The summed E-state index contributed by atoms with van der Waals surface area (Å²) >= 11 is 19.6. The molecule has 0 spiro atoms. The van der Waals surface area contributed by atoms with Gasteiger partial charge in [-0.15, -0.1) is 0 Å². The highest BCUT2D eigenvalue weighted by Crippen LogP contribution is 2.35. The van der Waals surface area contributed by atoms with E-state index in [0.29, 0.717) is 22.0 Å². The van der Waals surface area contributed by atoms with E-state index in [1.54, 1.807) is 36.4 Å². The van der Waals surface area contributed by atoms with Gasteiger partial charge in [-0.3, -0.25) is 13.9 Å². The molecule has 0 unspecified atom stereocenters. The third-order valence-corrected chi connectivity index (χ3v) is 10.7. The number of aryl methyl sites for hydroxylation is 1. The number of methoxy groups -OCH3 is 1. The number of amides is 2. The fourth-order valence-electron chi connectivity index (χ4n) is 5.06. The van der Waals surface area contributed by atoms with Crippen LogP contribution < -0.4 is 14.4 Å². The topological polar surface area (TPSA) is 96.0 Å². The number of halogens is 3. The van der Waals surface area contributed by atoms with Gasteiger partial charge in [0.25, 0.3) is 10.0 Å². The molecule has 0 aliphatic carbocycles. The number of rotatable bonds is 14. The number of hydrogen-bond donors (Lipinski definition) is 1. The van der Waals surface area contributed by atoms with E-state index >= 15 is 0 Å². The number of nitrogens with one attached hydrogen (secondary N) is 1. The van der Waals surface area contributed by atoms with Crippen molar-refractivity contribution in [3.63, 3.8) is 0 Å². The van der Waals surface area contributed by atoms with Gasteiger partial charge >= 0.3 is 0 Å². The van der Waals surface area contributed by atoms with Crippen molar-refractivity contribution < 1.29 is 22.7 Å². The lowest BCUT2D eigenvalue weighted by Gasteiger charge is -2.35. The van der Waals surface area contributed by atoms with Crippen molar-refractivity contribution in [2.75, 3.05) is 18.0 Å². The molecule has 0 aliphatic heterocycles. The molecule has 0 aromatic heterocycles. The minimum Gasteiger partial charge on any atom is -0.495 e. The quantitative estimate of drug-likeness (QED) is 0.143. The average molecular weight is 731 g/mol. The first kappa shape index (κ1) is 37.1. The van der Waals surface area contributed by atoms with Crippen molar-refractivity contribution in [1.29, 1.82) is 0 Å². The Morgan fingerprint density at radius 2 is 1.54 bits per heavy atom. The zero-order valence-electron chi connectivity index (χ0n) is 27.1. The number of benzene rings is 4. The normalized spacial score (nSPS) is 12.6. The summed E-state index contributed by atoms with van der Waals surface area (Å²) in [4.78, 5) is 30.1. The third-order valence-electron chi connectivity index (χ3n) is 7.96. The molecule has 0 saturated carbocycles. The predicted octanol–water partition coefficient (Wildman–Crippen LogP) is 7.71. The molecule has 0 radical (unpaired) electrons. The number of carbonyl (C=O) groups is 2. The van der Waals surface area contributed by atoms with E-state index in [0.717, 1.165) is 15.4 Å². The van der Waals surface area contributed by atoms with Crippen molar-refractivity contribution in [2.45, 2.75) is 57.1 Å². The largest absolute Gasteiger partial charge is 0.495 e. The number of anilines is 1. The number of nitrogens with zero attached hydrogens (tertiary/aromatic N) is 2. The van der Waals surface area contributed by atoms with Crippen LogP contribution in [-0.2, 0) is 32.6 Å². The van der Waals surface area contributed by atoms with Gasteiger partial charge < -0.3 is 15.0 Å². The minimum absolute atomic E-state index is 0.0426. The molecule has 254 valence electrons. The summed E-state index contributed by atoms with van der Waals surface area (Å²) in [5, 5.41) is 3.82. The van der Waals surface area contributed by atoms with Crippen molar-refractivity contribution in [2.24, 2.45) is 0 Å².